The first-order chi connectivity index (χ1) is 9.71. The topological polar surface area (TPSA) is 91.7 Å². The smallest absolute Gasteiger partial charge is 0.298 e. The van der Waals surface area contributed by atoms with E-state index in [4.69, 9.17) is 4.55 Å². The average Bonchev–Trinajstić information content (AvgIpc) is 2.36. The van der Waals surface area contributed by atoms with Crippen LogP contribution in [0, 0.1) is 5.92 Å². The molecule has 0 unspecified atom stereocenters. The highest BCUT2D eigenvalue weighted by Gasteiger charge is 2.17. The summed E-state index contributed by atoms with van der Waals surface area (Å²) in [5, 5.41) is 9.56. The molecule has 1 aromatic carbocycles. The van der Waals surface area contributed by atoms with Crippen molar-refractivity contribution in [2.24, 2.45) is 5.92 Å². The Labute approximate surface area is 125 Å². The summed E-state index contributed by atoms with van der Waals surface area (Å²) in [6.45, 7) is 4.31. The third-order valence-electron chi connectivity index (χ3n) is 3.24. The van der Waals surface area contributed by atoms with E-state index in [0.29, 0.717) is 12.3 Å². The highest BCUT2D eigenvalue weighted by molar-refractivity contribution is 7.86. The summed E-state index contributed by atoms with van der Waals surface area (Å²) < 4.78 is 30.8. The lowest BCUT2D eigenvalue weighted by Crippen LogP contribution is -2.02. The van der Waals surface area contributed by atoms with Gasteiger partial charge < -0.3 is 5.11 Å². The van der Waals surface area contributed by atoms with Gasteiger partial charge in [0.1, 0.15) is 10.6 Å². The number of aromatic hydroxyl groups is 1. The van der Waals surface area contributed by atoms with E-state index in [1.807, 2.05) is 0 Å². The van der Waals surface area contributed by atoms with Crippen molar-refractivity contribution in [1.82, 2.24) is 0 Å². The van der Waals surface area contributed by atoms with Gasteiger partial charge in [-0.05, 0) is 30.5 Å². The minimum absolute atomic E-state index is 0.142. The molecule has 1 rings (SSSR count). The maximum Gasteiger partial charge on any atom is 0.298 e. The number of unbranched alkanes of at least 4 members (excludes halogenated alkanes) is 2. The molecule has 0 heterocycles. The van der Waals surface area contributed by atoms with Gasteiger partial charge in [0.05, 0.1) is 0 Å². The second-order valence-corrected chi connectivity index (χ2v) is 6.96. The predicted octanol–water partition coefficient (Wildman–Crippen LogP) is 3.43. The maximum atomic E-state index is 11.9. The van der Waals surface area contributed by atoms with Crippen molar-refractivity contribution in [2.45, 2.75) is 50.8 Å². The van der Waals surface area contributed by atoms with Gasteiger partial charge in [-0.3, -0.25) is 9.35 Å². The van der Waals surface area contributed by atoms with Crippen LogP contribution in [0.15, 0.2) is 23.1 Å². The number of phenolic OH excluding ortho intramolecular Hbond substituents is 1. The van der Waals surface area contributed by atoms with Crippen LogP contribution in [0.2, 0.25) is 0 Å². The van der Waals surface area contributed by atoms with Crippen molar-refractivity contribution in [3.05, 3.63) is 23.8 Å². The van der Waals surface area contributed by atoms with Gasteiger partial charge in [0, 0.05) is 12.0 Å². The van der Waals surface area contributed by atoms with Crippen LogP contribution < -0.4 is 0 Å². The van der Waals surface area contributed by atoms with Gasteiger partial charge in [0.2, 0.25) is 0 Å². The molecule has 5 nitrogen and oxygen atoms in total. The largest absolute Gasteiger partial charge is 0.506 e. The van der Waals surface area contributed by atoms with Gasteiger partial charge >= 0.3 is 0 Å². The van der Waals surface area contributed by atoms with E-state index in [2.05, 4.69) is 13.8 Å². The molecule has 0 aliphatic carbocycles. The van der Waals surface area contributed by atoms with Gasteiger partial charge in [0.15, 0.2) is 5.78 Å². The molecule has 21 heavy (non-hydrogen) atoms. The van der Waals surface area contributed by atoms with Crippen LogP contribution in [0.4, 0.5) is 0 Å². The molecule has 0 spiro atoms. The number of hydrogen-bond donors (Lipinski definition) is 2. The van der Waals surface area contributed by atoms with E-state index < -0.39 is 20.8 Å². The number of carbonyl (C=O) groups is 1. The SMILES string of the molecule is CC(C)CCCCCC(=O)c1ccc(S(=O)(=O)O)c(O)c1. The molecule has 0 saturated carbocycles. The van der Waals surface area contributed by atoms with Gasteiger partial charge in [-0.1, -0.05) is 33.1 Å². The van der Waals surface area contributed by atoms with Crippen LogP contribution in [0.25, 0.3) is 0 Å². The summed E-state index contributed by atoms with van der Waals surface area (Å²) in [7, 11) is -4.47. The minimum atomic E-state index is -4.47. The molecule has 0 aliphatic heterocycles. The Kier molecular flexibility index (Phi) is 6.36. The number of phenols is 1. The van der Waals surface area contributed by atoms with Crippen LogP contribution in [-0.2, 0) is 10.1 Å². The summed E-state index contributed by atoms with van der Waals surface area (Å²) in [4.78, 5) is 11.3. The third-order valence-corrected chi connectivity index (χ3v) is 4.15. The summed E-state index contributed by atoms with van der Waals surface area (Å²) in [5.41, 5.74) is 0.253. The second-order valence-electron chi connectivity index (χ2n) is 5.57. The predicted molar refractivity (Wildman–Crippen MR) is 80.2 cm³/mol. The first-order valence-electron chi connectivity index (χ1n) is 7.05. The Morgan fingerprint density at radius 2 is 1.86 bits per heavy atom. The molecule has 0 atom stereocenters. The van der Waals surface area contributed by atoms with E-state index in [1.165, 1.54) is 6.07 Å². The van der Waals surface area contributed by atoms with Crippen molar-refractivity contribution in [2.75, 3.05) is 0 Å². The zero-order valence-corrected chi connectivity index (χ0v) is 13.2. The lowest BCUT2D eigenvalue weighted by Gasteiger charge is -2.06. The second kappa shape index (κ2) is 7.56. The van der Waals surface area contributed by atoms with Gasteiger partial charge in [-0.15, -0.1) is 0 Å². The Morgan fingerprint density at radius 1 is 1.19 bits per heavy atom. The monoisotopic (exact) mass is 314 g/mol. The van der Waals surface area contributed by atoms with Crippen molar-refractivity contribution >= 4 is 15.9 Å². The fourth-order valence-electron chi connectivity index (χ4n) is 2.07. The maximum absolute atomic E-state index is 11.9. The van der Waals surface area contributed by atoms with Crippen molar-refractivity contribution in [3.8, 4) is 5.75 Å². The lowest BCUT2D eigenvalue weighted by molar-refractivity contribution is 0.0978. The molecule has 118 valence electrons. The van der Waals surface area contributed by atoms with Crippen LogP contribution in [0.1, 0.15) is 56.3 Å². The number of rotatable bonds is 8. The van der Waals surface area contributed by atoms with Crippen molar-refractivity contribution in [3.63, 3.8) is 0 Å². The summed E-state index contributed by atoms with van der Waals surface area (Å²) in [6.07, 6.45) is 4.32. The molecule has 0 aliphatic rings. The fraction of sp³-hybridized carbons (Fsp3) is 0.533. The summed E-state index contributed by atoms with van der Waals surface area (Å²) >= 11 is 0. The zero-order chi connectivity index (χ0) is 16.0. The molecular formula is C15H22O5S. The van der Waals surface area contributed by atoms with E-state index in [9.17, 15) is 18.3 Å². The number of ketones is 1. The number of Topliss-reactive ketones (excluding diaryl/α,β-unsaturated/α-hetero) is 1. The van der Waals surface area contributed by atoms with Crippen molar-refractivity contribution in [1.29, 1.82) is 0 Å². The number of carbonyl (C=O) groups excluding carboxylic acids is 1. The van der Waals surface area contributed by atoms with Crippen molar-refractivity contribution < 1.29 is 22.9 Å². The molecule has 0 bridgehead atoms. The standard InChI is InChI=1S/C15H22O5S/c1-11(2)6-4-3-5-7-13(16)12-8-9-15(14(17)10-12)21(18,19)20/h8-11,17H,3-7H2,1-2H3,(H,18,19,20). The Bertz CT molecular complexity index is 590. The molecule has 0 aromatic heterocycles. The highest BCUT2D eigenvalue weighted by atomic mass is 32.2. The highest BCUT2D eigenvalue weighted by Crippen LogP contribution is 2.24. The first-order valence-corrected chi connectivity index (χ1v) is 8.49. The average molecular weight is 314 g/mol. The van der Waals surface area contributed by atoms with Crippen LogP contribution in [-0.4, -0.2) is 23.9 Å². The van der Waals surface area contributed by atoms with Gasteiger partial charge in [-0.25, -0.2) is 0 Å². The minimum Gasteiger partial charge on any atom is -0.506 e. The molecule has 6 heteroatoms. The zero-order valence-electron chi connectivity index (χ0n) is 12.4. The Hall–Kier alpha value is -1.40. The van der Waals surface area contributed by atoms with E-state index in [1.54, 1.807) is 0 Å². The van der Waals surface area contributed by atoms with E-state index in [-0.39, 0.29) is 11.3 Å². The van der Waals surface area contributed by atoms with Crippen LogP contribution in [0.5, 0.6) is 5.75 Å². The molecule has 0 radical (unpaired) electrons. The first kappa shape index (κ1) is 17.7. The number of hydrogen-bond acceptors (Lipinski definition) is 4. The van der Waals surface area contributed by atoms with Gasteiger partial charge in [-0.2, -0.15) is 8.42 Å². The summed E-state index contributed by atoms with van der Waals surface area (Å²) in [5.74, 6) is -0.0921. The Balaban J connectivity index is 2.58. The molecule has 0 saturated heterocycles. The third kappa shape index (κ3) is 5.85. The lowest BCUT2D eigenvalue weighted by atomic mass is 10.0. The van der Waals surface area contributed by atoms with E-state index >= 15 is 0 Å². The fourth-order valence-corrected chi connectivity index (χ4v) is 2.63. The van der Waals surface area contributed by atoms with E-state index in [0.717, 1.165) is 37.8 Å². The number of benzene rings is 1. The van der Waals surface area contributed by atoms with Crippen LogP contribution >= 0.6 is 0 Å². The van der Waals surface area contributed by atoms with Crippen LogP contribution in [0.3, 0.4) is 0 Å². The molecule has 0 fully saturated rings. The normalized spacial score (nSPS) is 11.8. The Morgan fingerprint density at radius 3 is 2.38 bits per heavy atom. The summed E-state index contributed by atoms with van der Waals surface area (Å²) in [6, 6.07) is 3.43. The quantitative estimate of drug-likeness (QED) is 0.436. The molecule has 2 N–H and O–H groups in total. The molecule has 0 amide bonds. The molecular weight excluding hydrogens is 292 g/mol. The van der Waals surface area contributed by atoms with Gasteiger partial charge in [0.25, 0.3) is 10.1 Å². The molecule has 1 aromatic rings.